The Labute approximate surface area is 609 Å². The second-order valence-corrected chi connectivity index (χ2v) is 29.9. The first-order valence-corrected chi connectivity index (χ1v) is 43.2. The molecule has 0 aliphatic heterocycles. The maximum absolute atomic E-state index is 13.1. The summed E-state index contributed by atoms with van der Waals surface area (Å²) in [6.45, 7) is 4.69. The van der Waals surface area contributed by atoms with Gasteiger partial charge in [0, 0.05) is 25.7 Å². The Morgan fingerprint density at radius 1 is 0.290 bits per heavy atom. The minimum Gasteiger partial charge on any atom is -0.462 e. The van der Waals surface area contributed by atoms with Crippen LogP contribution in [0.4, 0.5) is 0 Å². The number of rotatable bonds is 76. The van der Waals surface area contributed by atoms with E-state index in [1.165, 1.54) is 135 Å². The van der Waals surface area contributed by atoms with Gasteiger partial charge in [0.05, 0.1) is 26.4 Å². The van der Waals surface area contributed by atoms with Gasteiger partial charge in [-0.15, -0.1) is 0 Å². The molecule has 3 N–H and O–H groups in total. The van der Waals surface area contributed by atoms with E-state index in [-0.39, 0.29) is 25.7 Å². The molecule has 17 nitrogen and oxygen atoms in total. The van der Waals surface area contributed by atoms with Crippen molar-refractivity contribution >= 4 is 39.5 Å². The van der Waals surface area contributed by atoms with Crippen molar-refractivity contribution in [2.45, 2.75) is 380 Å². The van der Waals surface area contributed by atoms with Crippen molar-refractivity contribution in [1.29, 1.82) is 0 Å². The Morgan fingerprint density at radius 2 is 0.520 bits per heavy atom. The van der Waals surface area contributed by atoms with Crippen molar-refractivity contribution in [3.63, 3.8) is 0 Å². The highest BCUT2D eigenvalue weighted by Gasteiger charge is 2.30. The van der Waals surface area contributed by atoms with Crippen LogP contribution < -0.4 is 0 Å². The zero-order valence-electron chi connectivity index (χ0n) is 63.6. The summed E-state index contributed by atoms with van der Waals surface area (Å²) in [7, 11) is -9.95. The van der Waals surface area contributed by atoms with Crippen molar-refractivity contribution in [2.75, 3.05) is 39.6 Å². The highest BCUT2D eigenvalue weighted by atomic mass is 31.2. The van der Waals surface area contributed by atoms with Crippen LogP contribution in [0.1, 0.15) is 362 Å². The number of aliphatic hydroxyl groups excluding tert-OH is 1. The van der Waals surface area contributed by atoms with Crippen molar-refractivity contribution in [3.8, 4) is 0 Å². The summed E-state index contributed by atoms with van der Waals surface area (Å²) in [4.78, 5) is 73.0. The van der Waals surface area contributed by atoms with Crippen molar-refractivity contribution in [3.05, 3.63) is 72.9 Å². The number of ether oxygens (including phenoxy) is 4. The number of phosphoric ester groups is 2. The van der Waals surface area contributed by atoms with Gasteiger partial charge in [0.2, 0.25) is 0 Å². The van der Waals surface area contributed by atoms with E-state index >= 15 is 0 Å². The van der Waals surface area contributed by atoms with Crippen molar-refractivity contribution < 1.29 is 80.2 Å². The van der Waals surface area contributed by atoms with Gasteiger partial charge in [-0.3, -0.25) is 37.3 Å². The van der Waals surface area contributed by atoms with Gasteiger partial charge in [-0.05, 0) is 89.9 Å². The molecule has 0 aliphatic rings. The van der Waals surface area contributed by atoms with Crippen LogP contribution in [-0.4, -0.2) is 96.7 Å². The molecule has 0 fully saturated rings. The van der Waals surface area contributed by atoms with Gasteiger partial charge >= 0.3 is 39.5 Å². The highest BCUT2D eigenvalue weighted by Crippen LogP contribution is 2.45. The number of hydrogen-bond donors (Lipinski definition) is 3. The van der Waals surface area contributed by atoms with E-state index in [1.54, 1.807) is 0 Å². The topological polar surface area (TPSA) is 237 Å². The number of esters is 4. The molecule has 0 heterocycles. The molecule has 0 bridgehead atoms. The van der Waals surface area contributed by atoms with Crippen LogP contribution in [0.3, 0.4) is 0 Å². The van der Waals surface area contributed by atoms with Crippen LogP contribution >= 0.6 is 15.6 Å². The second-order valence-electron chi connectivity index (χ2n) is 27.0. The second kappa shape index (κ2) is 73.8. The molecule has 19 heteroatoms. The Hall–Kier alpha value is -3.50. The number of unbranched alkanes of at least 4 members (excludes halogenated alkanes) is 38. The first-order valence-electron chi connectivity index (χ1n) is 40.2. The predicted molar refractivity (Wildman–Crippen MR) is 409 cm³/mol. The smallest absolute Gasteiger partial charge is 0.462 e. The molecule has 0 radical (unpaired) electrons. The first kappa shape index (κ1) is 96.5. The third-order valence-corrected chi connectivity index (χ3v) is 19.1. The van der Waals surface area contributed by atoms with Crippen molar-refractivity contribution in [2.24, 2.45) is 0 Å². The monoisotopic (exact) mass is 1450 g/mol. The molecule has 582 valence electrons. The molecule has 0 aliphatic carbocycles. The molecule has 0 aromatic heterocycles. The molecule has 0 aromatic carbocycles. The molecule has 0 saturated carbocycles. The van der Waals surface area contributed by atoms with E-state index in [0.29, 0.717) is 25.7 Å². The van der Waals surface area contributed by atoms with Gasteiger partial charge in [0.15, 0.2) is 12.2 Å². The summed E-state index contributed by atoms with van der Waals surface area (Å²) in [5, 5.41) is 10.6. The number of phosphoric acid groups is 2. The van der Waals surface area contributed by atoms with E-state index in [2.05, 4.69) is 101 Å². The summed E-state index contributed by atoms with van der Waals surface area (Å²) < 4.78 is 68.6. The molecule has 0 amide bonds. The maximum atomic E-state index is 13.1. The van der Waals surface area contributed by atoms with Crippen LogP contribution in [0.25, 0.3) is 0 Å². The number of carbonyl (C=O) groups excluding carboxylic acids is 4. The predicted octanol–water partition coefficient (Wildman–Crippen LogP) is 23.2. The van der Waals surface area contributed by atoms with E-state index in [9.17, 15) is 43.2 Å². The van der Waals surface area contributed by atoms with Crippen LogP contribution in [0.5, 0.6) is 0 Å². The lowest BCUT2D eigenvalue weighted by molar-refractivity contribution is -0.161. The minimum absolute atomic E-state index is 0.0737. The third kappa shape index (κ3) is 72.8. The van der Waals surface area contributed by atoms with Crippen LogP contribution in [-0.2, 0) is 65.4 Å². The lowest BCUT2D eigenvalue weighted by atomic mass is 10.0. The van der Waals surface area contributed by atoms with E-state index in [0.717, 1.165) is 148 Å². The highest BCUT2D eigenvalue weighted by molar-refractivity contribution is 7.47. The number of carbonyl (C=O) groups is 4. The molecular formula is C81H146O17P2. The molecule has 0 spiro atoms. The minimum atomic E-state index is -4.98. The average Bonchev–Trinajstić information content (AvgIpc) is 1.01. The molecule has 0 rings (SSSR count). The zero-order chi connectivity index (χ0) is 73.2. The summed E-state index contributed by atoms with van der Waals surface area (Å²) in [5.74, 6) is -2.18. The van der Waals surface area contributed by atoms with Crippen LogP contribution in [0.15, 0.2) is 72.9 Å². The third-order valence-electron chi connectivity index (χ3n) is 17.2. The lowest BCUT2D eigenvalue weighted by Crippen LogP contribution is -2.30. The van der Waals surface area contributed by atoms with Gasteiger partial charge in [-0.1, -0.05) is 319 Å². The number of allylic oxidation sites excluding steroid dienone is 12. The average molecular weight is 1450 g/mol. The van der Waals surface area contributed by atoms with Gasteiger partial charge in [0.25, 0.3) is 0 Å². The molecule has 5 atom stereocenters. The fourth-order valence-electron chi connectivity index (χ4n) is 11.1. The van der Waals surface area contributed by atoms with Gasteiger partial charge in [-0.2, -0.15) is 0 Å². The molecule has 100 heavy (non-hydrogen) atoms. The van der Waals surface area contributed by atoms with Gasteiger partial charge in [0.1, 0.15) is 19.3 Å². The van der Waals surface area contributed by atoms with Crippen LogP contribution in [0, 0.1) is 0 Å². The first-order chi connectivity index (χ1) is 48.7. The Morgan fingerprint density at radius 3 is 0.800 bits per heavy atom. The van der Waals surface area contributed by atoms with Gasteiger partial charge < -0.3 is 33.8 Å². The normalized spacial score (nSPS) is 14.3. The van der Waals surface area contributed by atoms with Gasteiger partial charge in [-0.25, -0.2) is 9.13 Å². The summed E-state index contributed by atoms with van der Waals surface area (Å²) in [6.07, 6.45) is 74.5. The van der Waals surface area contributed by atoms with E-state index in [1.807, 2.05) is 0 Å². The molecule has 5 unspecified atom stereocenters. The van der Waals surface area contributed by atoms with Crippen molar-refractivity contribution in [1.82, 2.24) is 0 Å². The Balaban J connectivity index is 5.34. The maximum Gasteiger partial charge on any atom is 0.472 e. The Bertz CT molecular complexity index is 2180. The zero-order valence-corrected chi connectivity index (χ0v) is 65.4. The quantitative estimate of drug-likeness (QED) is 0.0169. The molecule has 0 saturated heterocycles. The van der Waals surface area contributed by atoms with Crippen LogP contribution in [0.2, 0.25) is 0 Å². The lowest BCUT2D eigenvalue weighted by Gasteiger charge is -2.21. The molecular weight excluding hydrogens is 1310 g/mol. The standard InChI is InChI=1S/C81H146O17P2/c1-5-9-13-17-21-25-29-33-37-41-45-49-53-57-61-65-78(83)91-71-76(97-80(85)67-63-59-55-51-47-43-39-35-31-27-23-19-15-11-7-3)73-95-99(87,88)93-69-75(82)70-94-100(89,90)96-74-77(98-81(86)68-64-60-56-52-48-44-40-36-32-28-24-20-16-12-8-4)72-92-79(84)66-62-58-54-50-46-42-38-34-30-26-22-18-14-10-6-2/h9,11,13,15,21,23,25,27,33,35,37,39,75-77,82H,5-8,10,12,14,16-20,22,24,26,28-32,34,36,38,40-74H2,1-4H3,(H,87,88)(H,89,90)/b13-9-,15-11-,25-21-,27-23-,37-33-,39-35-. The fourth-order valence-corrected chi connectivity index (χ4v) is 12.7. The van der Waals surface area contributed by atoms with E-state index < -0.39 is 97.5 Å². The SMILES string of the molecule is CC/C=C\C/C=C\C/C=C\CCCCCCCC(=O)OCC(COP(=O)(O)OCC(O)COP(=O)(O)OCC(COC(=O)CCCCCCCCCCCCCCCCC)OC(=O)CCCCCCCCCCCCCCCCC)OC(=O)CCCCCCC/C=C\C/C=C\C/C=C\CC. The van der Waals surface area contributed by atoms with E-state index in [4.69, 9.17) is 37.0 Å². The molecule has 0 aromatic rings. The summed E-state index contributed by atoms with van der Waals surface area (Å²) >= 11 is 0. The number of aliphatic hydroxyl groups is 1. The Kier molecular flexibility index (Phi) is 71.2. The largest absolute Gasteiger partial charge is 0.472 e. The fraction of sp³-hybridized carbons (Fsp3) is 0.802. The summed E-state index contributed by atoms with van der Waals surface area (Å²) in [6, 6.07) is 0. The number of hydrogen-bond acceptors (Lipinski definition) is 15. The summed E-state index contributed by atoms with van der Waals surface area (Å²) in [5.41, 5.74) is 0.